The first-order chi connectivity index (χ1) is 22.7. The van der Waals surface area contributed by atoms with Crippen LogP contribution in [0.15, 0.2) is 101 Å². The van der Waals surface area contributed by atoms with Gasteiger partial charge in [-0.1, -0.05) is 60.2 Å². The van der Waals surface area contributed by atoms with Crippen LogP contribution in [0.1, 0.15) is 68.4 Å². The lowest BCUT2D eigenvalue weighted by molar-refractivity contribution is -0.144. The lowest BCUT2D eigenvalue weighted by Gasteiger charge is -2.32. The Kier molecular flexibility index (Phi) is 12.0. The highest BCUT2D eigenvalue weighted by molar-refractivity contribution is 6.00. The summed E-state index contributed by atoms with van der Waals surface area (Å²) in [5.41, 5.74) is 3.80. The van der Waals surface area contributed by atoms with Crippen molar-refractivity contribution < 1.29 is 32.2 Å². The van der Waals surface area contributed by atoms with Gasteiger partial charge in [-0.3, -0.25) is 9.88 Å². The molecule has 0 fully saturated rings. The first kappa shape index (κ1) is 36.1. The Bertz CT molecular complexity index is 1690. The maximum Gasteiger partial charge on any atom is 0.416 e. The van der Waals surface area contributed by atoms with Crippen LogP contribution in [0.5, 0.6) is 0 Å². The van der Waals surface area contributed by atoms with Gasteiger partial charge in [0, 0.05) is 36.9 Å². The Morgan fingerprint density at radius 3 is 2.25 bits per heavy atom. The van der Waals surface area contributed by atoms with Gasteiger partial charge in [0.25, 0.3) is 0 Å². The zero-order valence-electron chi connectivity index (χ0n) is 28.1. The predicted octanol–water partition coefficient (Wildman–Crippen LogP) is 7.46. The van der Waals surface area contributed by atoms with Gasteiger partial charge < -0.3 is 14.8 Å². The van der Waals surface area contributed by atoms with Crippen LogP contribution in [0.2, 0.25) is 0 Å². The molecule has 0 spiro atoms. The van der Waals surface area contributed by atoms with E-state index >= 15 is 0 Å². The third kappa shape index (κ3) is 9.44. The van der Waals surface area contributed by atoms with Crippen molar-refractivity contribution in [1.29, 1.82) is 0 Å². The van der Waals surface area contributed by atoms with E-state index in [-0.39, 0.29) is 23.3 Å². The Hall–Kier alpha value is -4.70. The molecule has 1 atom stereocenters. The van der Waals surface area contributed by atoms with E-state index in [1.807, 2.05) is 37.2 Å². The average Bonchev–Trinajstić information content (AvgIpc) is 3.01. The summed E-state index contributed by atoms with van der Waals surface area (Å²) in [6.45, 7) is 9.44. The first-order valence-corrected chi connectivity index (χ1v) is 15.8. The Balaban J connectivity index is 1.45. The van der Waals surface area contributed by atoms with Crippen molar-refractivity contribution in [2.24, 2.45) is 0 Å². The molecule has 0 amide bonds. The van der Waals surface area contributed by atoms with Crippen LogP contribution in [0, 0.1) is 0 Å². The van der Waals surface area contributed by atoms with Crippen LogP contribution in [-0.4, -0.2) is 54.7 Å². The molecular formula is C38H42F3N3O4. The summed E-state index contributed by atoms with van der Waals surface area (Å²) < 4.78 is 53.7. The van der Waals surface area contributed by atoms with E-state index in [0.717, 1.165) is 29.2 Å². The number of hydrogen-bond donors (Lipinski definition) is 1. The van der Waals surface area contributed by atoms with Crippen LogP contribution < -0.4 is 5.32 Å². The van der Waals surface area contributed by atoms with Gasteiger partial charge in [-0.05, 0) is 82.5 Å². The molecule has 4 rings (SSSR count). The number of carbonyl (C=O) groups is 2. The highest BCUT2D eigenvalue weighted by Gasteiger charge is 2.43. The Morgan fingerprint density at radius 2 is 1.62 bits per heavy atom. The van der Waals surface area contributed by atoms with E-state index in [2.05, 4.69) is 40.6 Å². The number of aromatic nitrogens is 1. The number of pyridine rings is 1. The van der Waals surface area contributed by atoms with Crippen molar-refractivity contribution in [2.75, 3.05) is 26.7 Å². The number of nitrogens with zero attached hydrogens (tertiary/aromatic N) is 2. The zero-order chi connectivity index (χ0) is 35.0. The molecule has 0 bridgehead atoms. The van der Waals surface area contributed by atoms with Gasteiger partial charge in [0.2, 0.25) is 0 Å². The van der Waals surface area contributed by atoms with Crippen LogP contribution >= 0.6 is 0 Å². The standard InChI is InChI=1S/C38H42F3N3O4/c1-24(2)48-37(46)34-27(5)43-26(4)33(35(34)31-11-7-8-12-32(31)38(39,40)41)36(45)47-19-18-44(6)23-25(3)20-28-13-15-29(16-14-28)21-30-10-9-17-42-22-30/h7-17,20,22,24,35,43H,18-19,21,23H2,1-6H3. The number of carbonyl (C=O) groups excluding carboxylic acids is 2. The number of allylic oxidation sites excluding steroid dienone is 2. The van der Waals surface area contributed by atoms with Crippen molar-refractivity contribution in [3.63, 3.8) is 0 Å². The minimum atomic E-state index is -4.72. The average molecular weight is 662 g/mol. The summed E-state index contributed by atoms with van der Waals surface area (Å²) in [5.74, 6) is -2.96. The van der Waals surface area contributed by atoms with Crippen LogP contribution in [-0.2, 0) is 31.7 Å². The van der Waals surface area contributed by atoms with E-state index in [1.54, 1.807) is 33.9 Å². The Morgan fingerprint density at radius 1 is 0.958 bits per heavy atom. The number of alkyl halides is 3. The van der Waals surface area contributed by atoms with Crippen LogP contribution in [0.4, 0.5) is 13.2 Å². The molecule has 1 aliphatic heterocycles. The first-order valence-electron chi connectivity index (χ1n) is 15.8. The molecule has 0 radical (unpaired) electrons. The molecule has 0 aliphatic carbocycles. The van der Waals surface area contributed by atoms with E-state index in [9.17, 15) is 22.8 Å². The van der Waals surface area contributed by atoms with Gasteiger partial charge in [-0.25, -0.2) is 9.59 Å². The van der Waals surface area contributed by atoms with E-state index < -0.39 is 35.7 Å². The molecule has 1 unspecified atom stereocenters. The lowest BCUT2D eigenvalue weighted by atomic mass is 9.78. The SMILES string of the molecule is CC(=Cc1ccc(Cc2cccnc2)cc1)CN(C)CCOC(=O)C1=C(C)NC(C)=C(C(=O)OC(C)C)C1c1ccccc1C(F)(F)F. The number of esters is 2. The van der Waals surface area contributed by atoms with Gasteiger partial charge >= 0.3 is 18.1 Å². The fourth-order valence-corrected chi connectivity index (χ4v) is 5.81. The van der Waals surface area contributed by atoms with Crippen molar-refractivity contribution in [3.05, 3.63) is 129 Å². The molecular weight excluding hydrogens is 619 g/mol. The maximum atomic E-state index is 14.2. The molecule has 1 aliphatic rings. The number of rotatable bonds is 12. The van der Waals surface area contributed by atoms with Crippen LogP contribution in [0.25, 0.3) is 6.08 Å². The molecule has 1 aromatic heterocycles. The second-order valence-electron chi connectivity index (χ2n) is 12.3. The second kappa shape index (κ2) is 15.9. The van der Waals surface area contributed by atoms with Gasteiger partial charge in [-0.2, -0.15) is 13.2 Å². The monoisotopic (exact) mass is 661 g/mol. The number of halogens is 3. The molecule has 254 valence electrons. The number of ether oxygens (including phenoxy) is 2. The summed E-state index contributed by atoms with van der Waals surface area (Å²) in [5, 5.41) is 2.99. The molecule has 3 aromatic rings. The maximum absolute atomic E-state index is 14.2. The zero-order valence-corrected chi connectivity index (χ0v) is 28.1. The number of benzene rings is 2. The minimum absolute atomic E-state index is 0.00938. The minimum Gasteiger partial charge on any atom is -0.461 e. The van der Waals surface area contributed by atoms with Crippen molar-refractivity contribution in [1.82, 2.24) is 15.2 Å². The molecule has 7 nitrogen and oxygen atoms in total. The molecule has 0 saturated heterocycles. The molecule has 48 heavy (non-hydrogen) atoms. The molecule has 0 saturated carbocycles. The summed E-state index contributed by atoms with van der Waals surface area (Å²) in [6.07, 6.45) is 1.27. The van der Waals surface area contributed by atoms with Crippen molar-refractivity contribution >= 4 is 18.0 Å². The number of likely N-dealkylation sites (N-methyl/N-ethyl adjacent to an activating group) is 1. The third-order valence-electron chi connectivity index (χ3n) is 7.87. The largest absolute Gasteiger partial charge is 0.461 e. The van der Waals surface area contributed by atoms with Gasteiger partial charge in [0.1, 0.15) is 6.61 Å². The van der Waals surface area contributed by atoms with E-state index in [1.165, 1.54) is 23.8 Å². The highest BCUT2D eigenvalue weighted by atomic mass is 19.4. The highest BCUT2D eigenvalue weighted by Crippen LogP contribution is 2.44. The second-order valence-corrected chi connectivity index (χ2v) is 12.3. The molecule has 1 N–H and O–H groups in total. The summed E-state index contributed by atoms with van der Waals surface area (Å²) >= 11 is 0. The van der Waals surface area contributed by atoms with Crippen molar-refractivity contribution in [2.45, 2.75) is 59.2 Å². The number of hydrogen-bond acceptors (Lipinski definition) is 7. The summed E-state index contributed by atoms with van der Waals surface area (Å²) in [4.78, 5) is 33.1. The fourth-order valence-electron chi connectivity index (χ4n) is 5.81. The van der Waals surface area contributed by atoms with Gasteiger partial charge in [0.05, 0.1) is 28.7 Å². The predicted molar refractivity (Wildman–Crippen MR) is 180 cm³/mol. The summed E-state index contributed by atoms with van der Waals surface area (Å²) in [7, 11) is 1.89. The van der Waals surface area contributed by atoms with Gasteiger partial charge in [0.15, 0.2) is 0 Å². The smallest absolute Gasteiger partial charge is 0.416 e. The van der Waals surface area contributed by atoms with Crippen LogP contribution in [0.3, 0.4) is 0 Å². The van der Waals surface area contributed by atoms with E-state index in [0.29, 0.717) is 24.5 Å². The van der Waals surface area contributed by atoms with Gasteiger partial charge in [-0.15, -0.1) is 0 Å². The fraction of sp³-hybridized carbons (Fsp3) is 0.342. The normalized spacial score (nSPS) is 15.6. The molecule has 10 heteroatoms. The molecule has 2 heterocycles. The van der Waals surface area contributed by atoms with E-state index in [4.69, 9.17) is 9.47 Å². The number of dihydropyridines is 1. The summed E-state index contributed by atoms with van der Waals surface area (Å²) in [6, 6.07) is 17.3. The quantitative estimate of drug-likeness (QED) is 0.202. The number of nitrogens with one attached hydrogen (secondary N) is 1. The lowest BCUT2D eigenvalue weighted by Crippen LogP contribution is -2.34. The topological polar surface area (TPSA) is 80.8 Å². The third-order valence-corrected chi connectivity index (χ3v) is 7.87. The Labute approximate surface area is 280 Å². The molecule has 2 aromatic carbocycles. The van der Waals surface area contributed by atoms with Crippen molar-refractivity contribution in [3.8, 4) is 0 Å².